The number of rotatable bonds is 11. The molecule has 9 heteroatoms. The van der Waals surface area contributed by atoms with Gasteiger partial charge >= 0.3 is 0 Å². The molecule has 0 saturated heterocycles. The Bertz CT molecular complexity index is 1080. The van der Waals surface area contributed by atoms with Crippen molar-refractivity contribution < 1.29 is 22.7 Å². The van der Waals surface area contributed by atoms with E-state index in [-0.39, 0.29) is 24.1 Å². The van der Waals surface area contributed by atoms with Crippen LogP contribution in [0.1, 0.15) is 48.7 Å². The summed E-state index contributed by atoms with van der Waals surface area (Å²) in [6.45, 7) is 5.50. The molecule has 0 fully saturated rings. The molecule has 1 unspecified atom stereocenters. The van der Waals surface area contributed by atoms with Crippen LogP contribution < -0.4 is 10.1 Å². The molecule has 0 aromatic heterocycles. The van der Waals surface area contributed by atoms with Crippen molar-refractivity contribution >= 4 is 33.3 Å². The zero-order valence-electron chi connectivity index (χ0n) is 19.6. The van der Waals surface area contributed by atoms with Crippen molar-refractivity contribution in [1.82, 2.24) is 9.62 Å². The van der Waals surface area contributed by atoms with E-state index in [0.717, 1.165) is 5.56 Å². The predicted octanol–water partition coefficient (Wildman–Crippen LogP) is 3.84. The number of ether oxygens (including phenoxy) is 1. The lowest BCUT2D eigenvalue weighted by molar-refractivity contribution is -0.120. The van der Waals surface area contributed by atoms with Crippen LogP contribution in [0.4, 0.5) is 0 Å². The Hall–Kier alpha value is -2.42. The van der Waals surface area contributed by atoms with Crippen LogP contribution in [0.25, 0.3) is 0 Å². The Kier molecular flexibility index (Phi) is 9.46. The summed E-state index contributed by atoms with van der Waals surface area (Å²) < 4.78 is 30.9. The van der Waals surface area contributed by atoms with Crippen molar-refractivity contribution in [3.05, 3.63) is 64.2 Å². The molecule has 7 nitrogen and oxygen atoms in total. The Morgan fingerprint density at radius 1 is 1.06 bits per heavy atom. The molecule has 0 spiro atoms. The zero-order valence-corrected chi connectivity index (χ0v) is 21.2. The number of carbonyl (C=O) groups excluding carboxylic acids is 2. The summed E-state index contributed by atoms with van der Waals surface area (Å²) in [5.41, 5.74) is 1.79. The summed E-state index contributed by atoms with van der Waals surface area (Å²) in [6.07, 6.45) is 0.510. The van der Waals surface area contributed by atoms with E-state index in [2.05, 4.69) is 5.32 Å². The highest BCUT2D eigenvalue weighted by atomic mass is 35.5. The topological polar surface area (TPSA) is 92.8 Å². The van der Waals surface area contributed by atoms with Crippen LogP contribution >= 0.6 is 11.6 Å². The molecule has 0 aliphatic carbocycles. The fraction of sp³-hybridized carbons (Fsp3) is 0.417. The van der Waals surface area contributed by atoms with Crippen LogP contribution in [0.2, 0.25) is 5.02 Å². The van der Waals surface area contributed by atoms with Crippen LogP contribution in [0, 0.1) is 0 Å². The summed E-state index contributed by atoms with van der Waals surface area (Å²) in [7, 11) is -0.379. The van der Waals surface area contributed by atoms with Crippen LogP contribution in [-0.4, -0.2) is 50.7 Å². The van der Waals surface area contributed by atoms with Crippen molar-refractivity contribution in [3.63, 3.8) is 0 Å². The highest BCUT2D eigenvalue weighted by Gasteiger charge is 2.22. The molecule has 33 heavy (non-hydrogen) atoms. The first-order valence-corrected chi connectivity index (χ1v) is 12.7. The van der Waals surface area contributed by atoms with E-state index in [1.54, 1.807) is 43.3 Å². The minimum absolute atomic E-state index is 0.0527. The molecule has 180 valence electrons. The van der Waals surface area contributed by atoms with E-state index in [1.165, 1.54) is 24.5 Å². The summed E-state index contributed by atoms with van der Waals surface area (Å²) in [4.78, 5) is 25.3. The first-order valence-electron chi connectivity index (χ1n) is 10.7. The number of halogens is 1. The lowest BCUT2D eigenvalue weighted by Gasteiger charge is -2.18. The predicted molar refractivity (Wildman–Crippen MR) is 130 cm³/mol. The number of hydrogen-bond donors (Lipinski definition) is 1. The summed E-state index contributed by atoms with van der Waals surface area (Å²) in [6, 6.07) is 11.0. The molecular formula is C24H31ClN2O5S. The van der Waals surface area contributed by atoms with Gasteiger partial charge in [-0.15, -0.1) is 0 Å². The van der Waals surface area contributed by atoms with Crippen molar-refractivity contribution in [2.24, 2.45) is 0 Å². The van der Waals surface area contributed by atoms with Crippen LogP contribution in [0.15, 0.2) is 42.5 Å². The number of carbonyl (C=O) groups is 2. The smallest absolute Gasteiger partial charge is 0.251 e. The maximum absolute atomic E-state index is 12.8. The molecule has 0 heterocycles. The van der Waals surface area contributed by atoms with Crippen molar-refractivity contribution in [2.75, 3.05) is 14.1 Å². The molecule has 0 aliphatic heterocycles. The van der Waals surface area contributed by atoms with E-state index < -0.39 is 22.0 Å². The van der Waals surface area contributed by atoms with Crippen molar-refractivity contribution in [3.8, 4) is 5.75 Å². The third kappa shape index (κ3) is 7.84. The van der Waals surface area contributed by atoms with Crippen molar-refractivity contribution in [1.29, 1.82) is 0 Å². The van der Waals surface area contributed by atoms with Gasteiger partial charge in [-0.3, -0.25) is 9.59 Å². The fourth-order valence-corrected chi connectivity index (χ4v) is 4.17. The Balaban J connectivity index is 2.13. The van der Waals surface area contributed by atoms with E-state index in [1.807, 2.05) is 13.8 Å². The molecule has 1 N–H and O–H groups in total. The van der Waals surface area contributed by atoms with Gasteiger partial charge < -0.3 is 10.1 Å². The van der Waals surface area contributed by atoms with Gasteiger partial charge in [-0.05, 0) is 49.6 Å². The molecule has 0 aliphatic rings. The van der Waals surface area contributed by atoms with E-state index >= 15 is 0 Å². The molecule has 1 amide bonds. The number of amides is 1. The van der Waals surface area contributed by atoms with Gasteiger partial charge in [-0.1, -0.05) is 42.8 Å². The number of nitrogens with one attached hydrogen (secondary N) is 1. The maximum Gasteiger partial charge on any atom is 0.251 e. The molecule has 0 bridgehead atoms. The molecule has 1 atom stereocenters. The normalized spacial score (nSPS) is 12.6. The Labute approximate surface area is 201 Å². The van der Waals surface area contributed by atoms with E-state index in [0.29, 0.717) is 28.3 Å². The summed E-state index contributed by atoms with van der Waals surface area (Å²) in [5, 5.41) is 3.11. The number of Topliss-reactive ketones (excluding diaryl/α,β-unsaturated/α-hetero) is 1. The number of hydrogen-bond acceptors (Lipinski definition) is 5. The highest BCUT2D eigenvalue weighted by Crippen LogP contribution is 2.26. The number of nitrogens with zero attached hydrogens (tertiary/aromatic N) is 1. The van der Waals surface area contributed by atoms with E-state index in [9.17, 15) is 18.0 Å². The van der Waals surface area contributed by atoms with Gasteiger partial charge in [0.2, 0.25) is 10.0 Å². The largest absolute Gasteiger partial charge is 0.489 e. The fourth-order valence-electron chi connectivity index (χ4n) is 3.07. The third-order valence-corrected chi connectivity index (χ3v) is 7.07. The molecule has 2 rings (SSSR count). The second kappa shape index (κ2) is 11.6. The van der Waals surface area contributed by atoms with Gasteiger partial charge in [0.1, 0.15) is 5.75 Å². The van der Waals surface area contributed by atoms with Gasteiger partial charge in [-0.2, -0.15) is 0 Å². The Morgan fingerprint density at radius 3 is 2.18 bits per heavy atom. The van der Waals surface area contributed by atoms with Crippen LogP contribution in [-0.2, 0) is 27.0 Å². The first-order chi connectivity index (χ1) is 15.4. The molecular weight excluding hydrogens is 464 g/mol. The van der Waals surface area contributed by atoms with Gasteiger partial charge in [-0.25, -0.2) is 12.7 Å². The molecule has 0 radical (unpaired) electrons. The molecule has 2 aromatic carbocycles. The lowest BCUT2D eigenvalue weighted by Crippen LogP contribution is -2.42. The number of benzene rings is 2. The number of sulfonamides is 1. The SMILES string of the molecule is CCC(=O)C(Cc1ccc(CS(=O)(=O)N(C)C)cc1)NC(=O)c1ccc(OC(C)C)c(Cl)c1. The third-order valence-electron chi connectivity index (χ3n) is 4.97. The van der Waals surface area contributed by atoms with E-state index in [4.69, 9.17) is 16.3 Å². The zero-order chi connectivity index (χ0) is 24.8. The standard InChI is InChI=1S/C24H31ClN2O5S/c1-6-22(28)21(13-17-7-9-18(10-8-17)15-33(30,31)27(4)5)26-24(29)19-11-12-23(20(25)14-19)32-16(2)3/h7-12,14,16,21H,6,13,15H2,1-5H3,(H,26,29). The van der Waals surface area contributed by atoms with Gasteiger partial charge in [0.25, 0.3) is 5.91 Å². The van der Waals surface area contributed by atoms with Crippen LogP contribution in [0.5, 0.6) is 5.75 Å². The minimum Gasteiger partial charge on any atom is -0.489 e. The van der Waals surface area contributed by atoms with Gasteiger partial charge in [0.05, 0.1) is 22.9 Å². The molecule has 0 saturated carbocycles. The second-order valence-electron chi connectivity index (χ2n) is 8.22. The lowest BCUT2D eigenvalue weighted by atomic mass is 9.99. The summed E-state index contributed by atoms with van der Waals surface area (Å²) >= 11 is 6.24. The summed E-state index contributed by atoms with van der Waals surface area (Å²) in [5.74, 6) is -0.131. The average Bonchev–Trinajstić information content (AvgIpc) is 2.74. The van der Waals surface area contributed by atoms with Gasteiger partial charge in [0, 0.05) is 26.1 Å². The minimum atomic E-state index is -3.36. The first kappa shape index (κ1) is 26.8. The van der Waals surface area contributed by atoms with Gasteiger partial charge in [0.15, 0.2) is 5.78 Å². The quantitative estimate of drug-likeness (QED) is 0.512. The monoisotopic (exact) mass is 494 g/mol. The highest BCUT2D eigenvalue weighted by molar-refractivity contribution is 7.88. The van der Waals surface area contributed by atoms with Crippen molar-refractivity contribution in [2.45, 2.75) is 51.5 Å². The van der Waals surface area contributed by atoms with Crippen LogP contribution in [0.3, 0.4) is 0 Å². The Morgan fingerprint density at radius 2 is 1.67 bits per heavy atom. The second-order valence-corrected chi connectivity index (χ2v) is 10.8. The maximum atomic E-state index is 12.8. The molecule has 2 aromatic rings. The average molecular weight is 495 g/mol. The number of ketones is 1.